The molecule has 0 saturated carbocycles. The number of aryl methyl sites for hydroxylation is 2. The van der Waals surface area contributed by atoms with Crippen LogP contribution < -0.4 is 5.32 Å². The zero-order valence-corrected chi connectivity index (χ0v) is 11.9. The highest BCUT2D eigenvalue weighted by atomic mass is 79.9. The first-order chi connectivity index (χ1) is 8.58. The minimum atomic E-state index is 0.628. The van der Waals surface area contributed by atoms with Crippen LogP contribution in [0.25, 0.3) is 0 Å². The Hall–Kier alpha value is -1.79. The standard InChI is InChI=1S/C15H13BrN2/c1-10-5-11(2)7-14(6-10)18-15-4-3-13(16)8-12(15)9-17/h3-8,18H,1-2H3. The van der Waals surface area contributed by atoms with Crippen LogP contribution in [-0.2, 0) is 0 Å². The maximum absolute atomic E-state index is 9.12. The molecule has 0 spiro atoms. The Kier molecular flexibility index (Phi) is 3.69. The summed E-state index contributed by atoms with van der Waals surface area (Å²) in [7, 11) is 0. The van der Waals surface area contributed by atoms with Gasteiger partial charge >= 0.3 is 0 Å². The fourth-order valence-corrected chi connectivity index (χ4v) is 2.28. The predicted octanol–water partition coefficient (Wildman–Crippen LogP) is 4.68. The third kappa shape index (κ3) is 2.91. The highest BCUT2D eigenvalue weighted by molar-refractivity contribution is 9.10. The van der Waals surface area contributed by atoms with Gasteiger partial charge in [0.15, 0.2) is 0 Å². The Labute approximate surface area is 115 Å². The summed E-state index contributed by atoms with van der Waals surface area (Å²) in [4.78, 5) is 0. The fraction of sp³-hybridized carbons (Fsp3) is 0.133. The number of anilines is 2. The quantitative estimate of drug-likeness (QED) is 0.874. The number of halogens is 1. The molecule has 0 amide bonds. The van der Waals surface area contributed by atoms with Gasteiger partial charge in [-0.2, -0.15) is 5.26 Å². The molecule has 1 N–H and O–H groups in total. The van der Waals surface area contributed by atoms with Gasteiger partial charge in [-0.05, 0) is 55.3 Å². The van der Waals surface area contributed by atoms with E-state index in [1.807, 2.05) is 18.2 Å². The van der Waals surface area contributed by atoms with Crippen molar-refractivity contribution in [3.8, 4) is 6.07 Å². The predicted molar refractivity (Wildman–Crippen MR) is 78.1 cm³/mol. The monoisotopic (exact) mass is 300 g/mol. The minimum Gasteiger partial charge on any atom is -0.354 e. The zero-order valence-electron chi connectivity index (χ0n) is 10.3. The molecule has 90 valence electrons. The van der Waals surface area contributed by atoms with Crippen LogP contribution in [0.15, 0.2) is 40.9 Å². The second kappa shape index (κ2) is 5.24. The first-order valence-electron chi connectivity index (χ1n) is 5.63. The summed E-state index contributed by atoms with van der Waals surface area (Å²) in [6, 6.07) is 14.1. The number of benzene rings is 2. The van der Waals surface area contributed by atoms with Crippen molar-refractivity contribution in [2.75, 3.05) is 5.32 Å². The van der Waals surface area contributed by atoms with Crippen molar-refractivity contribution >= 4 is 27.3 Å². The molecule has 0 heterocycles. The molecule has 0 aliphatic carbocycles. The summed E-state index contributed by atoms with van der Waals surface area (Å²) in [6.45, 7) is 4.12. The summed E-state index contributed by atoms with van der Waals surface area (Å²) in [5, 5.41) is 12.4. The van der Waals surface area contributed by atoms with Gasteiger partial charge in [-0.3, -0.25) is 0 Å². The number of hydrogen-bond acceptors (Lipinski definition) is 2. The summed E-state index contributed by atoms with van der Waals surface area (Å²) in [5.74, 6) is 0. The molecule has 0 aliphatic rings. The van der Waals surface area contributed by atoms with Gasteiger partial charge in [0, 0.05) is 10.2 Å². The highest BCUT2D eigenvalue weighted by Gasteiger charge is 2.03. The van der Waals surface area contributed by atoms with E-state index in [1.54, 1.807) is 0 Å². The molecule has 2 aromatic carbocycles. The summed E-state index contributed by atoms with van der Waals surface area (Å²) in [5.41, 5.74) is 4.86. The second-order valence-corrected chi connectivity index (χ2v) is 5.22. The minimum absolute atomic E-state index is 0.628. The maximum Gasteiger partial charge on any atom is 0.101 e. The van der Waals surface area contributed by atoms with Crippen LogP contribution in [0.4, 0.5) is 11.4 Å². The largest absolute Gasteiger partial charge is 0.354 e. The SMILES string of the molecule is Cc1cc(C)cc(Nc2ccc(Br)cc2C#N)c1. The average Bonchev–Trinajstić information content (AvgIpc) is 2.30. The van der Waals surface area contributed by atoms with Gasteiger partial charge in [0.05, 0.1) is 11.3 Å². The number of nitriles is 1. The molecule has 0 aromatic heterocycles. The van der Waals surface area contributed by atoms with Gasteiger partial charge < -0.3 is 5.32 Å². The van der Waals surface area contributed by atoms with Gasteiger partial charge in [-0.15, -0.1) is 0 Å². The van der Waals surface area contributed by atoms with Crippen molar-refractivity contribution < 1.29 is 0 Å². The molecule has 3 heteroatoms. The normalized spacial score (nSPS) is 9.89. The fourth-order valence-electron chi connectivity index (χ4n) is 1.92. The van der Waals surface area contributed by atoms with Crippen molar-refractivity contribution in [2.24, 2.45) is 0 Å². The second-order valence-electron chi connectivity index (χ2n) is 4.30. The van der Waals surface area contributed by atoms with Crippen LogP contribution >= 0.6 is 15.9 Å². The van der Waals surface area contributed by atoms with Crippen molar-refractivity contribution in [1.29, 1.82) is 5.26 Å². The third-order valence-electron chi connectivity index (χ3n) is 2.60. The van der Waals surface area contributed by atoms with Crippen LogP contribution in [0.2, 0.25) is 0 Å². The Balaban J connectivity index is 2.37. The Morgan fingerprint density at radius 2 is 1.72 bits per heavy atom. The van der Waals surface area contributed by atoms with E-state index in [0.717, 1.165) is 15.8 Å². The molecule has 0 atom stereocenters. The van der Waals surface area contributed by atoms with E-state index < -0.39 is 0 Å². The highest BCUT2D eigenvalue weighted by Crippen LogP contribution is 2.25. The molecule has 0 saturated heterocycles. The van der Waals surface area contributed by atoms with E-state index in [2.05, 4.69) is 59.4 Å². The summed E-state index contributed by atoms with van der Waals surface area (Å²) >= 11 is 3.37. The van der Waals surface area contributed by atoms with Crippen LogP contribution in [0, 0.1) is 25.2 Å². The van der Waals surface area contributed by atoms with Crippen LogP contribution in [0.3, 0.4) is 0 Å². The topological polar surface area (TPSA) is 35.8 Å². The van der Waals surface area contributed by atoms with Crippen molar-refractivity contribution in [1.82, 2.24) is 0 Å². The average molecular weight is 301 g/mol. The van der Waals surface area contributed by atoms with E-state index in [-0.39, 0.29) is 0 Å². The van der Waals surface area contributed by atoms with Crippen LogP contribution in [-0.4, -0.2) is 0 Å². The summed E-state index contributed by atoms with van der Waals surface area (Å²) < 4.78 is 0.907. The molecule has 0 aliphatic heterocycles. The molecule has 2 nitrogen and oxygen atoms in total. The molecular formula is C15H13BrN2. The van der Waals surface area contributed by atoms with Crippen molar-refractivity contribution in [2.45, 2.75) is 13.8 Å². The molecule has 0 bridgehead atoms. The number of hydrogen-bond donors (Lipinski definition) is 1. The van der Waals surface area contributed by atoms with Crippen LogP contribution in [0.1, 0.15) is 16.7 Å². The first kappa shape index (κ1) is 12.7. The van der Waals surface area contributed by atoms with Gasteiger partial charge in [0.25, 0.3) is 0 Å². The van der Waals surface area contributed by atoms with E-state index in [0.29, 0.717) is 5.56 Å². The molecule has 2 rings (SSSR count). The van der Waals surface area contributed by atoms with E-state index in [4.69, 9.17) is 5.26 Å². The van der Waals surface area contributed by atoms with Gasteiger partial charge in [0.1, 0.15) is 6.07 Å². The molecule has 2 aromatic rings. The van der Waals surface area contributed by atoms with Gasteiger partial charge in [-0.25, -0.2) is 0 Å². The zero-order chi connectivity index (χ0) is 13.1. The van der Waals surface area contributed by atoms with Crippen LogP contribution in [0.5, 0.6) is 0 Å². The lowest BCUT2D eigenvalue weighted by Gasteiger charge is -2.10. The van der Waals surface area contributed by atoms with Crippen molar-refractivity contribution in [3.63, 3.8) is 0 Å². The van der Waals surface area contributed by atoms with Gasteiger partial charge in [0.2, 0.25) is 0 Å². The Bertz CT molecular complexity index is 607. The number of rotatable bonds is 2. The van der Waals surface area contributed by atoms with E-state index >= 15 is 0 Å². The number of nitrogens with one attached hydrogen (secondary N) is 1. The summed E-state index contributed by atoms with van der Waals surface area (Å²) in [6.07, 6.45) is 0. The van der Waals surface area contributed by atoms with Gasteiger partial charge in [-0.1, -0.05) is 22.0 Å². The Morgan fingerprint density at radius 1 is 1.06 bits per heavy atom. The first-order valence-corrected chi connectivity index (χ1v) is 6.43. The molecule has 0 unspecified atom stereocenters. The Morgan fingerprint density at radius 3 is 2.33 bits per heavy atom. The van der Waals surface area contributed by atoms with E-state index in [9.17, 15) is 0 Å². The van der Waals surface area contributed by atoms with Crippen molar-refractivity contribution in [3.05, 3.63) is 57.6 Å². The smallest absolute Gasteiger partial charge is 0.101 e. The molecule has 0 fully saturated rings. The lowest BCUT2D eigenvalue weighted by Crippen LogP contribution is -1.94. The number of nitrogens with zero attached hydrogens (tertiary/aromatic N) is 1. The lowest BCUT2D eigenvalue weighted by molar-refractivity contribution is 1.37. The van der Waals surface area contributed by atoms with E-state index in [1.165, 1.54) is 11.1 Å². The maximum atomic E-state index is 9.12. The lowest BCUT2D eigenvalue weighted by atomic mass is 10.1. The molecule has 0 radical (unpaired) electrons. The third-order valence-corrected chi connectivity index (χ3v) is 3.10. The molecule has 18 heavy (non-hydrogen) atoms. The molecular weight excluding hydrogens is 288 g/mol.